The lowest BCUT2D eigenvalue weighted by Crippen LogP contribution is -2.00. The van der Waals surface area contributed by atoms with Gasteiger partial charge in [-0.2, -0.15) is 0 Å². The Hall–Kier alpha value is 0.0600. The van der Waals surface area contributed by atoms with Crippen LogP contribution in [-0.2, 0) is 0 Å². The highest BCUT2D eigenvalue weighted by Crippen LogP contribution is 2.32. The summed E-state index contributed by atoms with van der Waals surface area (Å²) < 4.78 is 1.54. The molecule has 1 heterocycles. The second kappa shape index (κ2) is 5.14. The first kappa shape index (κ1) is 12.5. The number of rotatable bonds is 2. The standard InChI is InChI=1S/C10H6Br2ClNOS/c11-7-2-1-5(13)3-6(7)9(15)10-14-8(12)4-16-10/h1-4,9,15H. The third kappa shape index (κ3) is 2.65. The van der Waals surface area contributed by atoms with E-state index in [0.717, 1.165) is 9.08 Å². The number of aromatic nitrogens is 1. The van der Waals surface area contributed by atoms with Crippen molar-refractivity contribution in [3.05, 3.63) is 48.2 Å². The second-order valence-corrected chi connectivity index (χ2v) is 6.07. The van der Waals surface area contributed by atoms with Crippen molar-refractivity contribution in [1.82, 2.24) is 4.98 Å². The Labute approximate surface area is 119 Å². The van der Waals surface area contributed by atoms with E-state index >= 15 is 0 Å². The summed E-state index contributed by atoms with van der Waals surface area (Å²) in [7, 11) is 0. The van der Waals surface area contributed by atoms with Crippen LogP contribution in [0, 0.1) is 0 Å². The normalized spacial score (nSPS) is 12.8. The fraction of sp³-hybridized carbons (Fsp3) is 0.100. The van der Waals surface area contributed by atoms with Gasteiger partial charge in [-0.05, 0) is 34.1 Å². The van der Waals surface area contributed by atoms with E-state index in [9.17, 15) is 5.11 Å². The van der Waals surface area contributed by atoms with Gasteiger partial charge in [0.2, 0.25) is 0 Å². The summed E-state index contributed by atoms with van der Waals surface area (Å²) in [6.07, 6.45) is -0.760. The fourth-order valence-corrected chi connectivity index (χ4v) is 3.16. The molecule has 1 atom stereocenters. The molecule has 2 aromatic rings. The zero-order valence-corrected chi connectivity index (χ0v) is 12.6. The quantitative estimate of drug-likeness (QED) is 0.834. The topological polar surface area (TPSA) is 33.1 Å². The molecule has 6 heteroatoms. The maximum absolute atomic E-state index is 10.1. The molecule has 0 amide bonds. The van der Waals surface area contributed by atoms with Gasteiger partial charge >= 0.3 is 0 Å². The predicted molar refractivity (Wildman–Crippen MR) is 73.0 cm³/mol. The summed E-state index contributed by atoms with van der Waals surface area (Å²) in [6.45, 7) is 0. The minimum Gasteiger partial charge on any atom is -0.381 e. The lowest BCUT2D eigenvalue weighted by Gasteiger charge is -2.10. The average molecular weight is 383 g/mol. The van der Waals surface area contributed by atoms with Gasteiger partial charge in [-0.1, -0.05) is 27.5 Å². The van der Waals surface area contributed by atoms with E-state index < -0.39 is 6.10 Å². The van der Waals surface area contributed by atoms with Gasteiger partial charge in [0, 0.05) is 20.4 Å². The van der Waals surface area contributed by atoms with Gasteiger partial charge in [-0.15, -0.1) is 11.3 Å². The van der Waals surface area contributed by atoms with Crippen LogP contribution in [0.2, 0.25) is 5.02 Å². The van der Waals surface area contributed by atoms with E-state index in [4.69, 9.17) is 11.6 Å². The molecule has 2 rings (SSSR count). The van der Waals surface area contributed by atoms with Gasteiger partial charge < -0.3 is 5.11 Å². The Morgan fingerprint density at radius 3 is 2.75 bits per heavy atom. The molecule has 1 aromatic heterocycles. The van der Waals surface area contributed by atoms with Crippen molar-refractivity contribution in [2.24, 2.45) is 0 Å². The molecule has 0 bridgehead atoms. The van der Waals surface area contributed by atoms with Crippen LogP contribution in [0.5, 0.6) is 0 Å². The first-order valence-corrected chi connectivity index (χ1v) is 7.16. The highest BCUT2D eigenvalue weighted by atomic mass is 79.9. The van der Waals surface area contributed by atoms with Crippen LogP contribution in [-0.4, -0.2) is 10.1 Å². The summed E-state index contributed by atoms with van der Waals surface area (Å²) in [4.78, 5) is 4.18. The lowest BCUT2D eigenvalue weighted by molar-refractivity contribution is 0.219. The molecular formula is C10H6Br2ClNOS. The molecule has 1 N–H and O–H groups in total. The van der Waals surface area contributed by atoms with Crippen LogP contribution in [0.4, 0.5) is 0 Å². The zero-order valence-electron chi connectivity index (χ0n) is 7.82. The van der Waals surface area contributed by atoms with E-state index in [2.05, 4.69) is 36.8 Å². The SMILES string of the molecule is OC(c1nc(Br)cs1)c1cc(Cl)ccc1Br. The Kier molecular flexibility index (Phi) is 4.02. The fourth-order valence-electron chi connectivity index (χ4n) is 1.25. The molecule has 0 aliphatic rings. The number of thiazole rings is 1. The minimum atomic E-state index is -0.760. The molecule has 0 spiro atoms. The summed E-state index contributed by atoms with van der Waals surface area (Å²) in [5.74, 6) is 0. The molecule has 0 radical (unpaired) electrons. The molecule has 0 fully saturated rings. The van der Waals surface area contributed by atoms with Gasteiger partial charge in [0.15, 0.2) is 0 Å². The lowest BCUT2D eigenvalue weighted by atomic mass is 10.1. The van der Waals surface area contributed by atoms with Crippen molar-refractivity contribution < 1.29 is 5.11 Å². The molecule has 0 saturated carbocycles. The number of benzene rings is 1. The predicted octanol–water partition coefficient (Wildman–Crippen LogP) is 4.40. The molecule has 0 aliphatic heterocycles. The van der Waals surface area contributed by atoms with Crippen molar-refractivity contribution in [2.75, 3.05) is 0 Å². The molecule has 1 unspecified atom stereocenters. The van der Waals surface area contributed by atoms with E-state index in [-0.39, 0.29) is 0 Å². The molecular weight excluding hydrogens is 377 g/mol. The summed E-state index contributed by atoms with van der Waals surface area (Å²) >= 11 is 13.9. The zero-order chi connectivity index (χ0) is 11.7. The van der Waals surface area contributed by atoms with E-state index in [1.807, 2.05) is 11.4 Å². The van der Waals surface area contributed by atoms with Gasteiger partial charge in [0.05, 0.1) is 0 Å². The first-order chi connectivity index (χ1) is 7.58. The van der Waals surface area contributed by atoms with Crippen molar-refractivity contribution in [1.29, 1.82) is 0 Å². The number of halogens is 3. The molecule has 16 heavy (non-hydrogen) atoms. The van der Waals surface area contributed by atoms with E-state index in [0.29, 0.717) is 15.6 Å². The minimum absolute atomic E-state index is 0.591. The summed E-state index contributed by atoms with van der Waals surface area (Å²) in [5, 5.41) is 13.2. The highest BCUT2D eigenvalue weighted by molar-refractivity contribution is 9.10. The number of nitrogens with zero attached hydrogens (tertiary/aromatic N) is 1. The Morgan fingerprint density at radius 1 is 1.38 bits per heavy atom. The molecule has 1 aromatic carbocycles. The summed E-state index contributed by atoms with van der Waals surface area (Å²) in [5.41, 5.74) is 0.717. The third-order valence-electron chi connectivity index (χ3n) is 1.98. The smallest absolute Gasteiger partial charge is 0.132 e. The Balaban J connectivity index is 2.40. The number of hydrogen-bond donors (Lipinski definition) is 1. The molecule has 0 aliphatic carbocycles. The van der Waals surface area contributed by atoms with Crippen LogP contribution >= 0.6 is 54.8 Å². The molecule has 2 nitrogen and oxygen atoms in total. The van der Waals surface area contributed by atoms with Crippen molar-refractivity contribution in [3.8, 4) is 0 Å². The monoisotopic (exact) mass is 381 g/mol. The van der Waals surface area contributed by atoms with Crippen LogP contribution in [0.1, 0.15) is 16.7 Å². The maximum Gasteiger partial charge on any atom is 0.132 e. The third-order valence-corrected chi connectivity index (χ3v) is 4.54. The van der Waals surface area contributed by atoms with Crippen LogP contribution in [0.3, 0.4) is 0 Å². The van der Waals surface area contributed by atoms with Crippen LogP contribution < -0.4 is 0 Å². The first-order valence-electron chi connectivity index (χ1n) is 4.32. The van der Waals surface area contributed by atoms with Gasteiger partial charge in [-0.3, -0.25) is 0 Å². The number of aliphatic hydroxyl groups is 1. The second-order valence-electron chi connectivity index (χ2n) is 3.08. The average Bonchev–Trinajstić information content (AvgIpc) is 2.67. The largest absolute Gasteiger partial charge is 0.381 e. The van der Waals surface area contributed by atoms with Gasteiger partial charge in [0.25, 0.3) is 0 Å². The van der Waals surface area contributed by atoms with E-state index in [1.165, 1.54) is 11.3 Å². The van der Waals surface area contributed by atoms with Crippen LogP contribution in [0.15, 0.2) is 32.7 Å². The number of hydrogen-bond acceptors (Lipinski definition) is 3. The Morgan fingerprint density at radius 2 is 2.12 bits per heavy atom. The van der Waals surface area contributed by atoms with Crippen molar-refractivity contribution >= 4 is 54.8 Å². The number of aliphatic hydroxyl groups excluding tert-OH is 1. The molecule has 84 valence electrons. The van der Waals surface area contributed by atoms with Crippen molar-refractivity contribution in [3.63, 3.8) is 0 Å². The van der Waals surface area contributed by atoms with E-state index in [1.54, 1.807) is 12.1 Å². The van der Waals surface area contributed by atoms with Gasteiger partial charge in [0.1, 0.15) is 15.7 Å². The molecule has 0 saturated heterocycles. The summed E-state index contributed by atoms with van der Waals surface area (Å²) in [6, 6.07) is 5.30. The highest BCUT2D eigenvalue weighted by Gasteiger charge is 2.17. The van der Waals surface area contributed by atoms with Crippen LogP contribution in [0.25, 0.3) is 0 Å². The van der Waals surface area contributed by atoms with Gasteiger partial charge in [-0.25, -0.2) is 4.98 Å². The maximum atomic E-state index is 10.1. The Bertz CT molecular complexity index is 517. The van der Waals surface area contributed by atoms with Crippen molar-refractivity contribution in [2.45, 2.75) is 6.10 Å².